The molecule has 0 fully saturated rings. The number of fused-ring (bicyclic) bond motifs is 4. The fraction of sp³-hybridized carbons (Fsp3) is 0.214. The van der Waals surface area contributed by atoms with Crippen LogP contribution in [0.15, 0.2) is 83.9 Å². The van der Waals surface area contributed by atoms with Crippen LogP contribution in [0, 0.1) is 5.41 Å². The quantitative estimate of drug-likeness (QED) is 0.290. The highest BCUT2D eigenvalue weighted by Crippen LogP contribution is 2.26. The highest BCUT2D eigenvalue weighted by molar-refractivity contribution is 7.80. The smallest absolute Gasteiger partial charge is 0.170 e. The molecule has 3 N–H and O–H groups in total. The van der Waals surface area contributed by atoms with Gasteiger partial charge in [-0.3, -0.25) is 4.99 Å². The Morgan fingerprint density at radius 3 is 2.41 bits per heavy atom. The van der Waals surface area contributed by atoms with E-state index in [1.54, 1.807) is 0 Å². The van der Waals surface area contributed by atoms with E-state index in [1.165, 1.54) is 10.8 Å². The molecule has 0 bridgehead atoms. The van der Waals surface area contributed by atoms with Crippen molar-refractivity contribution >= 4 is 55.9 Å². The summed E-state index contributed by atoms with van der Waals surface area (Å²) in [4.78, 5) is 8.83. The van der Waals surface area contributed by atoms with Gasteiger partial charge in [-0.15, -0.1) is 0 Å². The summed E-state index contributed by atoms with van der Waals surface area (Å²) in [5.74, 6) is 0. The first-order valence-corrected chi connectivity index (χ1v) is 11.9. The molecule has 0 saturated heterocycles. The number of thiocarbonyl (C=S) groups is 1. The number of nitrogens with zero attached hydrogens (tertiary/aromatic N) is 2. The second-order valence-electron chi connectivity index (χ2n) is 9.47. The Morgan fingerprint density at radius 2 is 1.62 bits per heavy atom. The van der Waals surface area contributed by atoms with E-state index in [0.29, 0.717) is 18.2 Å². The Labute approximate surface area is 204 Å². The van der Waals surface area contributed by atoms with Gasteiger partial charge in [-0.1, -0.05) is 68.4 Å². The molecule has 5 nitrogen and oxygen atoms in total. The minimum atomic E-state index is -0.0972. The van der Waals surface area contributed by atoms with Gasteiger partial charge in [-0.2, -0.15) is 0 Å². The van der Waals surface area contributed by atoms with Crippen molar-refractivity contribution in [1.82, 2.24) is 14.9 Å². The number of aromatic amines is 1. The van der Waals surface area contributed by atoms with E-state index in [4.69, 9.17) is 17.2 Å². The van der Waals surface area contributed by atoms with E-state index in [0.717, 1.165) is 33.1 Å². The minimum Gasteiger partial charge on any atom is -0.362 e. The Bertz CT molecular complexity index is 1560. The van der Waals surface area contributed by atoms with Crippen LogP contribution >= 0.6 is 12.2 Å². The number of hydrogen-bond donors (Lipinski definition) is 3. The molecule has 2 aromatic heterocycles. The first-order valence-electron chi connectivity index (χ1n) is 11.5. The normalized spacial score (nSPS) is 12.5. The van der Waals surface area contributed by atoms with Gasteiger partial charge < -0.3 is 20.2 Å². The number of nitrogens with one attached hydrogen (secondary N) is 3. The third-order valence-corrected chi connectivity index (χ3v) is 6.45. The molecule has 0 aliphatic carbocycles. The van der Waals surface area contributed by atoms with Crippen molar-refractivity contribution in [3.05, 3.63) is 84.2 Å². The van der Waals surface area contributed by atoms with Crippen LogP contribution in [0.2, 0.25) is 0 Å². The molecule has 0 saturated carbocycles. The lowest BCUT2D eigenvalue weighted by Gasteiger charge is -2.24. The lowest BCUT2D eigenvalue weighted by molar-refractivity contribution is 0.375. The van der Waals surface area contributed by atoms with Gasteiger partial charge in [0.2, 0.25) is 0 Å². The molecule has 0 atom stereocenters. The van der Waals surface area contributed by atoms with Crippen molar-refractivity contribution in [2.45, 2.75) is 13.8 Å². The summed E-state index contributed by atoms with van der Waals surface area (Å²) in [6.45, 7) is 5.81. The van der Waals surface area contributed by atoms with Crippen molar-refractivity contribution in [2.75, 3.05) is 18.4 Å². The molecule has 6 heteroatoms. The van der Waals surface area contributed by atoms with Gasteiger partial charge in [0.25, 0.3) is 0 Å². The molecule has 5 aromatic rings. The molecule has 5 rings (SSSR count). The number of aromatic nitrogens is 2. The van der Waals surface area contributed by atoms with E-state index >= 15 is 0 Å². The Kier molecular flexibility index (Phi) is 5.84. The molecule has 2 heterocycles. The largest absolute Gasteiger partial charge is 0.362 e. The molecule has 0 radical (unpaired) electrons. The Morgan fingerprint density at radius 1 is 0.941 bits per heavy atom. The predicted octanol–water partition coefficient (Wildman–Crippen LogP) is 5.73. The third-order valence-electron chi connectivity index (χ3n) is 6.20. The summed E-state index contributed by atoms with van der Waals surface area (Å²) < 4.78 is 2.23. The molecule has 0 aliphatic heterocycles. The predicted molar refractivity (Wildman–Crippen MR) is 147 cm³/mol. The van der Waals surface area contributed by atoms with Crippen LogP contribution in [-0.2, 0) is 7.05 Å². The molecule has 34 heavy (non-hydrogen) atoms. The van der Waals surface area contributed by atoms with Crippen LogP contribution in [0.25, 0.3) is 32.8 Å². The van der Waals surface area contributed by atoms with Gasteiger partial charge in [0.15, 0.2) is 5.11 Å². The second-order valence-corrected chi connectivity index (χ2v) is 9.88. The lowest BCUT2D eigenvalue weighted by atomic mass is 9.93. The van der Waals surface area contributed by atoms with Crippen LogP contribution in [0.3, 0.4) is 0 Å². The van der Waals surface area contributed by atoms with E-state index in [1.807, 2.05) is 30.3 Å². The molecule has 0 unspecified atom stereocenters. The first-order chi connectivity index (χ1) is 16.4. The van der Waals surface area contributed by atoms with Gasteiger partial charge in [0.1, 0.15) is 5.65 Å². The molecule has 0 spiro atoms. The molecule has 172 valence electrons. The average Bonchev–Trinajstić information content (AvgIpc) is 3.23. The number of pyridine rings is 1. The Balaban J connectivity index is 1.49. The van der Waals surface area contributed by atoms with Gasteiger partial charge in [0.05, 0.1) is 16.3 Å². The number of rotatable bonds is 5. The molecule has 3 aromatic carbocycles. The number of anilines is 1. The fourth-order valence-electron chi connectivity index (χ4n) is 4.37. The lowest BCUT2D eigenvalue weighted by Crippen LogP contribution is -2.38. The summed E-state index contributed by atoms with van der Waals surface area (Å²) in [6, 6.07) is 26.9. The third kappa shape index (κ3) is 4.29. The highest BCUT2D eigenvalue weighted by atomic mass is 32.1. The van der Waals surface area contributed by atoms with Crippen LogP contribution in [0.4, 0.5) is 5.69 Å². The van der Waals surface area contributed by atoms with Crippen molar-refractivity contribution in [3.8, 4) is 0 Å². The van der Waals surface area contributed by atoms with E-state index in [9.17, 15) is 0 Å². The maximum absolute atomic E-state index is 5.50. The van der Waals surface area contributed by atoms with Crippen molar-refractivity contribution < 1.29 is 0 Å². The maximum Gasteiger partial charge on any atom is 0.170 e. The zero-order valence-electron chi connectivity index (χ0n) is 19.7. The van der Waals surface area contributed by atoms with E-state index in [2.05, 4.69) is 89.6 Å². The number of H-pyrrole nitrogens is 1. The van der Waals surface area contributed by atoms with Gasteiger partial charge >= 0.3 is 0 Å². The maximum atomic E-state index is 5.50. The summed E-state index contributed by atoms with van der Waals surface area (Å²) in [6.07, 6.45) is 0. The van der Waals surface area contributed by atoms with Gasteiger partial charge in [-0.05, 0) is 36.5 Å². The standard InChI is InChI=1S/C28H29N5S/c1-28(2,18-30-27(34)31-19-11-5-4-6-12-19)17-29-25-21-14-8-10-16-23(21)33(3)26-24(25)20-13-7-9-15-22(20)32-26/h4-16,32H,17-18H2,1-3H3,(H2,30,31,34). The van der Waals surface area contributed by atoms with E-state index < -0.39 is 0 Å². The van der Waals surface area contributed by atoms with Crippen molar-refractivity contribution in [3.63, 3.8) is 0 Å². The number of aryl methyl sites for hydroxylation is 1. The van der Waals surface area contributed by atoms with Crippen molar-refractivity contribution in [2.24, 2.45) is 17.5 Å². The van der Waals surface area contributed by atoms with E-state index in [-0.39, 0.29) is 5.41 Å². The number of benzene rings is 3. The zero-order valence-corrected chi connectivity index (χ0v) is 20.5. The van der Waals surface area contributed by atoms with Crippen LogP contribution in [0.5, 0.6) is 0 Å². The van der Waals surface area contributed by atoms with Crippen LogP contribution in [0.1, 0.15) is 13.8 Å². The summed E-state index contributed by atoms with van der Waals surface area (Å²) >= 11 is 5.50. The van der Waals surface area contributed by atoms with Gasteiger partial charge in [-0.25, -0.2) is 0 Å². The van der Waals surface area contributed by atoms with Crippen LogP contribution in [-0.4, -0.2) is 27.8 Å². The average molecular weight is 468 g/mol. The minimum absolute atomic E-state index is 0.0972. The molecule has 0 amide bonds. The first kappa shape index (κ1) is 22.2. The fourth-order valence-corrected chi connectivity index (χ4v) is 4.56. The second kappa shape index (κ2) is 8.95. The molecular formula is C28H29N5S. The monoisotopic (exact) mass is 467 g/mol. The highest BCUT2D eigenvalue weighted by Gasteiger charge is 2.19. The number of hydrogen-bond acceptors (Lipinski definition) is 2. The van der Waals surface area contributed by atoms with Crippen LogP contribution < -0.4 is 16.0 Å². The van der Waals surface area contributed by atoms with Crippen molar-refractivity contribution in [1.29, 1.82) is 0 Å². The number of para-hydroxylation sites is 3. The molecular weight excluding hydrogens is 438 g/mol. The van der Waals surface area contributed by atoms with Gasteiger partial charge in [0, 0.05) is 47.5 Å². The topological polar surface area (TPSA) is 57.1 Å². The summed E-state index contributed by atoms with van der Waals surface area (Å²) in [5, 5.41) is 11.8. The summed E-state index contributed by atoms with van der Waals surface area (Å²) in [7, 11) is 2.11. The Hall–Kier alpha value is -3.64. The zero-order chi connectivity index (χ0) is 23.7. The molecule has 0 aliphatic rings. The summed E-state index contributed by atoms with van der Waals surface area (Å²) in [5.41, 5.74) is 4.25. The SMILES string of the molecule is Cn1c2ccccc2c(=NCC(C)(C)CNC(=S)Nc2ccccc2)c2c3ccccc3[nH]c21.